The molecule has 2 heterocycles. The second-order valence-electron chi connectivity index (χ2n) is 7.29. The first-order chi connectivity index (χ1) is 15.3. The van der Waals surface area contributed by atoms with E-state index >= 15 is 0 Å². The highest BCUT2D eigenvalue weighted by Crippen LogP contribution is 2.33. The van der Waals surface area contributed by atoms with E-state index in [2.05, 4.69) is 16.2 Å². The Labute approximate surface area is 182 Å². The van der Waals surface area contributed by atoms with E-state index in [0.29, 0.717) is 29.2 Å². The Kier molecular flexibility index (Phi) is 5.61. The van der Waals surface area contributed by atoms with Gasteiger partial charge in [0.05, 0.1) is 31.9 Å². The van der Waals surface area contributed by atoms with Crippen LogP contribution in [0.25, 0.3) is 11.2 Å². The van der Waals surface area contributed by atoms with Crippen molar-refractivity contribution in [2.75, 3.05) is 14.2 Å². The van der Waals surface area contributed by atoms with Crippen LogP contribution in [0.1, 0.15) is 29.1 Å². The summed E-state index contributed by atoms with van der Waals surface area (Å²) in [4.78, 5) is 4.41. The van der Waals surface area contributed by atoms with Gasteiger partial charge in [-0.05, 0) is 35.8 Å². The van der Waals surface area contributed by atoms with Gasteiger partial charge >= 0.3 is 6.18 Å². The molecule has 0 N–H and O–H groups in total. The standard InChI is InChI=1S/C23H19F3N4O2/c1-31-19-8-5-15(10-20(19)32-2)9-17-11-21(23(24,25)26)30-22(28-17)12-18(29-30)16-6-3-14(13-27)4-7-16/h3,5-8,10-12,14H,4,9H2,1-2H3. The lowest BCUT2D eigenvalue weighted by Crippen LogP contribution is -2.14. The summed E-state index contributed by atoms with van der Waals surface area (Å²) in [5.41, 5.74) is 1.21. The van der Waals surface area contributed by atoms with Crippen molar-refractivity contribution >= 4 is 11.2 Å². The number of halogens is 3. The molecule has 2 aromatic heterocycles. The number of rotatable bonds is 5. The van der Waals surface area contributed by atoms with Gasteiger partial charge in [-0.1, -0.05) is 24.3 Å². The molecule has 1 unspecified atom stereocenters. The number of hydrogen-bond donors (Lipinski definition) is 0. The van der Waals surface area contributed by atoms with Crippen molar-refractivity contribution in [2.24, 2.45) is 5.92 Å². The molecule has 0 radical (unpaired) electrons. The number of benzene rings is 1. The number of alkyl halides is 3. The van der Waals surface area contributed by atoms with Crippen LogP contribution in [0.3, 0.4) is 0 Å². The largest absolute Gasteiger partial charge is 0.493 e. The summed E-state index contributed by atoms with van der Waals surface area (Å²) in [6.07, 6.45) is 1.27. The smallest absolute Gasteiger partial charge is 0.433 e. The normalized spacial score (nSPS) is 16.0. The van der Waals surface area contributed by atoms with Crippen LogP contribution in [-0.2, 0) is 12.6 Å². The van der Waals surface area contributed by atoms with E-state index in [1.54, 1.807) is 36.4 Å². The quantitative estimate of drug-likeness (QED) is 0.568. The van der Waals surface area contributed by atoms with Gasteiger partial charge in [0.25, 0.3) is 0 Å². The predicted molar refractivity (Wildman–Crippen MR) is 111 cm³/mol. The minimum atomic E-state index is -4.61. The first-order valence-electron chi connectivity index (χ1n) is 9.78. The van der Waals surface area contributed by atoms with E-state index in [9.17, 15) is 13.2 Å². The van der Waals surface area contributed by atoms with Crippen LogP contribution in [0.2, 0.25) is 0 Å². The van der Waals surface area contributed by atoms with E-state index in [1.807, 2.05) is 0 Å². The molecule has 0 bridgehead atoms. The first-order valence-corrected chi connectivity index (χ1v) is 9.78. The molecule has 1 aromatic carbocycles. The molecule has 3 aromatic rings. The molecule has 32 heavy (non-hydrogen) atoms. The molecule has 164 valence electrons. The molecule has 0 aliphatic heterocycles. The third kappa shape index (κ3) is 4.17. The highest BCUT2D eigenvalue weighted by molar-refractivity contribution is 5.74. The summed E-state index contributed by atoms with van der Waals surface area (Å²) in [7, 11) is 3.01. The van der Waals surface area contributed by atoms with Gasteiger partial charge in [0.2, 0.25) is 0 Å². The zero-order chi connectivity index (χ0) is 22.9. The van der Waals surface area contributed by atoms with Crippen LogP contribution >= 0.6 is 0 Å². The fourth-order valence-electron chi connectivity index (χ4n) is 3.57. The lowest BCUT2D eigenvalue weighted by atomic mass is 9.97. The maximum Gasteiger partial charge on any atom is 0.433 e. The number of allylic oxidation sites excluding steroid dienone is 4. The Morgan fingerprint density at radius 1 is 1.16 bits per heavy atom. The Morgan fingerprint density at radius 3 is 2.56 bits per heavy atom. The zero-order valence-electron chi connectivity index (χ0n) is 17.3. The second-order valence-corrected chi connectivity index (χ2v) is 7.29. The molecule has 0 saturated carbocycles. The van der Waals surface area contributed by atoms with Gasteiger partial charge in [-0.25, -0.2) is 9.50 Å². The fourth-order valence-corrected chi connectivity index (χ4v) is 3.57. The van der Waals surface area contributed by atoms with Crippen LogP contribution in [0.15, 0.2) is 48.6 Å². The van der Waals surface area contributed by atoms with Gasteiger partial charge in [0, 0.05) is 18.2 Å². The highest BCUT2D eigenvalue weighted by Gasteiger charge is 2.35. The summed E-state index contributed by atoms with van der Waals surface area (Å²) in [6, 6.07) is 9.84. The lowest BCUT2D eigenvalue weighted by molar-refractivity contribution is -0.142. The van der Waals surface area contributed by atoms with Gasteiger partial charge in [-0.2, -0.15) is 23.5 Å². The van der Waals surface area contributed by atoms with Crippen LogP contribution in [-0.4, -0.2) is 28.8 Å². The number of nitrogens with zero attached hydrogens (tertiary/aromatic N) is 4. The highest BCUT2D eigenvalue weighted by atomic mass is 19.4. The number of fused-ring (bicyclic) bond motifs is 1. The average Bonchev–Trinajstić information content (AvgIpc) is 3.21. The Morgan fingerprint density at radius 2 is 1.94 bits per heavy atom. The zero-order valence-corrected chi connectivity index (χ0v) is 17.3. The van der Waals surface area contributed by atoms with Gasteiger partial charge in [-0.15, -0.1) is 0 Å². The molecule has 6 nitrogen and oxygen atoms in total. The van der Waals surface area contributed by atoms with Gasteiger partial charge in [0.15, 0.2) is 17.1 Å². The SMILES string of the molecule is COc1ccc(Cc2cc(C(F)(F)F)n3nc(C4=CCC(C#N)C=C4)cc3n2)cc1OC. The van der Waals surface area contributed by atoms with E-state index in [0.717, 1.165) is 16.1 Å². The van der Waals surface area contributed by atoms with E-state index in [-0.39, 0.29) is 23.7 Å². The molecule has 0 amide bonds. The van der Waals surface area contributed by atoms with Crippen molar-refractivity contribution in [3.8, 4) is 17.6 Å². The molecule has 0 fully saturated rings. The van der Waals surface area contributed by atoms with E-state index in [1.165, 1.54) is 20.3 Å². The number of methoxy groups -OCH3 is 2. The van der Waals surface area contributed by atoms with Crippen LogP contribution < -0.4 is 9.47 Å². The van der Waals surface area contributed by atoms with Crippen LogP contribution in [0, 0.1) is 17.2 Å². The molecule has 4 rings (SSSR count). The minimum Gasteiger partial charge on any atom is -0.493 e. The van der Waals surface area contributed by atoms with E-state index in [4.69, 9.17) is 14.7 Å². The minimum absolute atomic E-state index is 0.0991. The second kappa shape index (κ2) is 8.38. The maximum atomic E-state index is 13.8. The number of aromatic nitrogens is 3. The number of hydrogen-bond acceptors (Lipinski definition) is 5. The topological polar surface area (TPSA) is 72.4 Å². The Bertz CT molecular complexity index is 1270. The van der Waals surface area contributed by atoms with Crippen molar-refractivity contribution in [1.82, 2.24) is 14.6 Å². The predicted octanol–water partition coefficient (Wildman–Crippen LogP) is 4.84. The molecule has 1 aliphatic carbocycles. The van der Waals surface area contributed by atoms with Crippen molar-refractivity contribution < 1.29 is 22.6 Å². The molecule has 0 spiro atoms. The van der Waals surface area contributed by atoms with E-state index < -0.39 is 11.9 Å². The third-order valence-corrected chi connectivity index (χ3v) is 5.17. The van der Waals surface area contributed by atoms with Crippen molar-refractivity contribution in [2.45, 2.75) is 19.0 Å². The first kappa shape index (κ1) is 21.4. The number of nitriles is 1. The van der Waals surface area contributed by atoms with Crippen molar-refractivity contribution in [3.05, 3.63) is 71.2 Å². The summed E-state index contributed by atoms with van der Waals surface area (Å²) in [5.74, 6) is 0.775. The summed E-state index contributed by atoms with van der Waals surface area (Å²) in [6.45, 7) is 0. The molecule has 1 atom stereocenters. The van der Waals surface area contributed by atoms with Crippen molar-refractivity contribution in [1.29, 1.82) is 5.26 Å². The molecule has 1 aliphatic rings. The van der Waals surface area contributed by atoms with Gasteiger partial charge < -0.3 is 9.47 Å². The molecular formula is C23H19F3N4O2. The summed E-state index contributed by atoms with van der Waals surface area (Å²) < 4.78 is 52.7. The van der Waals surface area contributed by atoms with Gasteiger partial charge in [-0.3, -0.25) is 0 Å². The summed E-state index contributed by atoms with van der Waals surface area (Å²) in [5, 5.41) is 13.1. The molecule has 9 heteroatoms. The van der Waals surface area contributed by atoms with Crippen molar-refractivity contribution in [3.63, 3.8) is 0 Å². The molecule has 0 saturated heterocycles. The van der Waals surface area contributed by atoms with Gasteiger partial charge in [0.1, 0.15) is 5.69 Å². The van der Waals surface area contributed by atoms with Crippen LogP contribution in [0.5, 0.6) is 11.5 Å². The molecular weight excluding hydrogens is 421 g/mol. The lowest BCUT2D eigenvalue weighted by Gasteiger charge is -2.12. The monoisotopic (exact) mass is 440 g/mol. The maximum absolute atomic E-state index is 13.8. The number of ether oxygens (including phenoxy) is 2. The van der Waals surface area contributed by atoms with Crippen LogP contribution in [0.4, 0.5) is 13.2 Å². The average molecular weight is 440 g/mol. The Balaban J connectivity index is 1.74. The Hall–Kier alpha value is -3.80. The summed E-state index contributed by atoms with van der Waals surface area (Å²) >= 11 is 0. The fraction of sp³-hybridized carbons (Fsp3) is 0.261. The third-order valence-electron chi connectivity index (χ3n) is 5.17.